The van der Waals surface area contributed by atoms with Crippen LogP contribution in [0.2, 0.25) is 0 Å². The van der Waals surface area contributed by atoms with Gasteiger partial charge < -0.3 is 19.8 Å². The lowest BCUT2D eigenvalue weighted by molar-refractivity contribution is -0.152. The Morgan fingerprint density at radius 3 is 2.32 bits per heavy atom. The second-order valence-electron chi connectivity index (χ2n) is 12.8. The number of carboxylic acid groups (broad SMARTS) is 1. The molecule has 4 atom stereocenters. The van der Waals surface area contributed by atoms with Crippen LogP contribution in [0.5, 0.6) is 5.75 Å². The van der Waals surface area contributed by atoms with Crippen molar-refractivity contribution in [2.45, 2.75) is 83.7 Å². The van der Waals surface area contributed by atoms with Gasteiger partial charge in [-0.25, -0.2) is 0 Å². The van der Waals surface area contributed by atoms with Crippen LogP contribution in [-0.4, -0.2) is 56.5 Å². The number of aliphatic carboxylic acids is 1. The van der Waals surface area contributed by atoms with E-state index < -0.39 is 46.9 Å². The van der Waals surface area contributed by atoms with Crippen molar-refractivity contribution in [3.05, 3.63) is 47.3 Å². The van der Waals surface area contributed by atoms with E-state index in [1.54, 1.807) is 31.2 Å². The Hall–Kier alpha value is -3.08. The lowest BCUT2D eigenvalue weighted by atomic mass is 9.74. The molecule has 3 fully saturated rings. The Kier molecular flexibility index (Phi) is 7.41. The van der Waals surface area contributed by atoms with Gasteiger partial charge in [-0.3, -0.25) is 14.3 Å². The number of carboxylic acids is 1. The number of carbonyl (C=O) groups is 2. The number of alkyl halides is 3. The van der Waals surface area contributed by atoms with Crippen LogP contribution in [0.1, 0.15) is 93.1 Å². The van der Waals surface area contributed by atoms with Gasteiger partial charge in [-0.05, 0) is 68.8 Å². The fourth-order valence-electron chi connectivity index (χ4n) is 7.29. The third-order valence-electron chi connectivity index (χ3n) is 10.1. The van der Waals surface area contributed by atoms with Crippen molar-refractivity contribution in [2.24, 2.45) is 22.7 Å². The van der Waals surface area contributed by atoms with Crippen molar-refractivity contribution >= 4 is 11.9 Å². The third kappa shape index (κ3) is 5.21. The summed E-state index contributed by atoms with van der Waals surface area (Å²) < 4.78 is 50.0. The van der Waals surface area contributed by atoms with Crippen molar-refractivity contribution in [2.75, 3.05) is 13.7 Å². The van der Waals surface area contributed by atoms with E-state index >= 15 is 0 Å². The average molecular weight is 578 g/mol. The molecule has 0 saturated heterocycles. The summed E-state index contributed by atoms with van der Waals surface area (Å²) in [5.41, 5.74) is -2.07. The van der Waals surface area contributed by atoms with Crippen molar-refractivity contribution < 1.29 is 37.7 Å². The molecule has 41 heavy (non-hydrogen) atoms. The summed E-state index contributed by atoms with van der Waals surface area (Å²) in [6, 6.07) is 5.85. The largest absolute Gasteiger partial charge is 0.496 e. The minimum absolute atomic E-state index is 0.139. The van der Waals surface area contributed by atoms with Crippen LogP contribution in [0.4, 0.5) is 13.2 Å². The standard InChI is InChI=1S/C30H38F3N3O5/c1-28(2)21-13-18(14-22(21)28)35(16-23(37)19-7-5-6-8-24(19)41-4)26(38)20-15-34-36(25(20)30(31,32)33)17-9-11-29(3,12-10-17)27(39)40/h5-8,15,17-18,21-23,37H,9-14,16H2,1-4H3,(H,39,40)/t17-,18-,21-,22+,23?,29-. The van der Waals surface area contributed by atoms with Gasteiger partial charge in [-0.1, -0.05) is 32.0 Å². The predicted octanol–water partition coefficient (Wildman–Crippen LogP) is 5.73. The molecule has 0 aliphatic heterocycles. The number of ether oxygens (including phenoxy) is 1. The molecule has 0 radical (unpaired) electrons. The van der Waals surface area contributed by atoms with Gasteiger partial charge in [0.25, 0.3) is 5.91 Å². The highest BCUT2D eigenvalue weighted by molar-refractivity contribution is 5.95. The number of para-hydroxylation sites is 1. The third-order valence-corrected chi connectivity index (χ3v) is 10.1. The fraction of sp³-hybridized carbons (Fsp3) is 0.633. The molecular formula is C30H38F3N3O5. The normalized spacial score (nSPS) is 29.5. The van der Waals surface area contributed by atoms with Gasteiger partial charge in [0.15, 0.2) is 5.69 Å². The molecule has 1 aromatic carbocycles. The van der Waals surface area contributed by atoms with Crippen molar-refractivity contribution in [1.29, 1.82) is 0 Å². The Labute approximate surface area is 237 Å². The summed E-state index contributed by atoms with van der Waals surface area (Å²) in [6.07, 6.45) is -2.88. The number of hydrogen-bond acceptors (Lipinski definition) is 5. The highest BCUT2D eigenvalue weighted by Gasteiger charge is 2.63. The molecule has 0 bridgehead atoms. The second kappa shape index (κ2) is 10.3. The monoisotopic (exact) mass is 577 g/mol. The molecule has 5 rings (SSSR count). The van der Waals surface area contributed by atoms with Crippen LogP contribution in [-0.2, 0) is 11.0 Å². The molecule has 1 amide bonds. The number of fused-ring (bicyclic) bond motifs is 1. The topological polar surface area (TPSA) is 105 Å². The molecule has 3 saturated carbocycles. The zero-order valence-corrected chi connectivity index (χ0v) is 23.8. The Balaban J connectivity index is 1.46. The van der Waals surface area contributed by atoms with Gasteiger partial charge >= 0.3 is 12.1 Å². The van der Waals surface area contributed by atoms with E-state index in [4.69, 9.17) is 4.74 Å². The first-order valence-electron chi connectivity index (χ1n) is 14.2. The first-order chi connectivity index (χ1) is 19.2. The van der Waals surface area contributed by atoms with E-state index in [0.717, 1.165) is 10.9 Å². The van der Waals surface area contributed by atoms with Gasteiger partial charge in [0.05, 0.1) is 36.9 Å². The summed E-state index contributed by atoms with van der Waals surface area (Å²) in [4.78, 5) is 27.1. The summed E-state index contributed by atoms with van der Waals surface area (Å²) in [6.45, 7) is 5.75. The van der Waals surface area contributed by atoms with Gasteiger partial charge in [0, 0.05) is 11.6 Å². The van der Waals surface area contributed by atoms with E-state index in [1.807, 2.05) is 0 Å². The van der Waals surface area contributed by atoms with E-state index in [-0.39, 0.29) is 43.7 Å². The maximum absolute atomic E-state index is 14.6. The smallest absolute Gasteiger partial charge is 0.433 e. The maximum atomic E-state index is 14.6. The first-order valence-corrected chi connectivity index (χ1v) is 14.2. The second-order valence-corrected chi connectivity index (χ2v) is 12.8. The quantitative estimate of drug-likeness (QED) is 0.416. The molecule has 2 aromatic rings. The predicted molar refractivity (Wildman–Crippen MR) is 143 cm³/mol. The zero-order valence-electron chi connectivity index (χ0n) is 23.8. The average Bonchev–Trinajstić information content (AvgIpc) is 3.35. The van der Waals surface area contributed by atoms with Crippen LogP contribution in [0.25, 0.3) is 0 Å². The Morgan fingerprint density at radius 2 is 1.76 bits per heavy atom. The number of aliphatic hydroxyl groups excluding tert-OH is 1. The summed E-state index contributed by atoms with van der Waals surface area (Å²) >= 11 is 0. The fourth-order valence-corrected chi connectivity index (χ4v) is 7.29. The first kappa shape index (κ1) is 29.4. The number of nitrogens with zero attached hydrogens (tertiary/aromatic N) is 3. The van der Waals surface area contributed by atoms with Crippen LogP contribution in [0, 0.1) is 22.7 Å². The molecule has 11 heteroatoms. The van der Waals surface area contributed by atoms with E-state index in [9.17, 15) is 33.0 Å². The molecule has 2 N–H and O–H groups in total. The van der Waals surface area contributed by atoms with Gasteiger partial charge in [0.1, 0.15) is 11.9 Å². The molecule has 1 unspecified atom stereocenters. The molecule has 1 aromatic heterocycles. The molecule has 3 aliphatic rings. The minimum Gasteiger partial charge on any atom is -0.496 e. The maximum Gasteiger partial charge on any atom is 0.433 e. The highest BCUT2D eigenvalue weighted by Crippen LogP contribution is 2.67. The Morgan fingerprint density at radius 1 is 1.15 bits per heavy atom. The van der Waals surface area contributed by atoms with E-state index in [2.05, 4.69) is 18.9 Å². The number of rotatable bonds is 8. The van der Waals surface area contributed by atoms with Crippen molar-refractivity contribution in [1.82, 2.24) is 14.7 Å². The number of carbonyl (C=O) groups excluding carboxylic acids is 1. The van der Waals surface area contributed by atoms with Crippen LogP contribution in [0.3, 0.4) is 0 Å². The van der Waals surface area contributed by atoms with Gasteiger partial charge in [-0.15, -0.1) is 0 Å². The number of amides is 1. The molecular weight excluding hydrogens is 539 g/mol. The number of aliphatic hydroxyl groups is 1. The molecule has 3 aliphatic carbocycles. The number of halogens is 3. The van der Waals surface area contributed by atoms with Crippen LogP contribution in [0.15, 0.2) is 30.5 Å². The lowest BCUT2D eigenvalue weighted by Gasteiger charge is -2.35. The highest BCUT2D eigenvalue weighted by atomic mass is 19.4. The molecule has 1 heterocycles. The lowest BCUT2D eigenvalue weighted by Crippen LogP contribution is -2.43. The van der Waals surface area contributed by atoms with Crippen molar-refractivity contribution in [3.8, 4) is 5.75 Å². The van der Waals surface area contributed by atoms with Crippen LogP contribution < -0.4 is 4.74 Å². The zero-order chi connectivity index (χ0) is 29.9. The van der Waals surface area contributed by atoms with Gasteiger partial charge in [0.2, 0.25) is 0 Å². The molecule has 8 nitrogen and oxygen atoms in total. The number of benzene rings is 1. The summed E-state index contributed by atoms with van der Waals surface area (Å²) in [5, 5.41) is 24.8. The Bertz CT molecular complexity index is 1300. The summed E-state index contributed by atoms with van der Waals surface area (Å²) in [7, 11) is 1.47. The van der Waals surface area contributed by atoms with E-state index in [0.29, 0.717) is 36.0 Å². The number of methoxy groups -OCH3 is 1. The van der Waals surface area contributed by atoms with Crippen LogP contribution >= 0.6 is 0 Å². The molecule has 224 valence electrons. The molecule has 0 spiro atoms. The van der Waals surface area contributed by atoms with E-state index in [1.165, 1.54) is 12.0 Å². The summed E-state index contributed by atoms with van der Waals surface area (Å²) in [5.74, 6) is -0.598. The SMILES string of the molecule is COc1ccccc1C(O)CN(C(=O)c1cnn([C@H]2CC[C@](C)(C(=O)O)CC2)c1C(F)(F)F)[C@@H]1C[C@@H]2[C@H](C1)C2(C)C. The van der Waals surface area contributed by atoms with Gasteiger partial charge in [-0.2, -0.15) is 18.3 Å². The minimum atomic E-state index is -4.86. The number of aromatic nitrogens is 2. The van der Waals surface area contributed by atoms with Crippen molar-refractivity contribution in [3.63, 3.8) is 0 Å². The number of hydrogen-bond donors (Lipinski definition) is 2.